The van der Waals surface area contributed by atoms with Gasteiger partial charge >= 0.3 is 5.69 Å². The number of ether oxygens (including phenoxy) is 3. The summed E-state index contributed by atoms with van der Waals surface area (Å²) >= 11 is 0. The number of hydrogen-bond acceptors (Lipinski definition) is 5. The number of para-hydroxylation sites is 1. The zero-order valence-corrected chi connectivity index (χ0v) is 13.4. The van der Waals surface area contributed by atoms with Crippen LogP contribution in [0.5, 0.6) is 17.2 Å². The molecule has 0 fully saturated rings. The first-order chi connectivity index (χ1) is 11.0. The van der Waals surface area contributed by atoms with Gasteiger partial charge in [0.25, 0.3) is 0 Å². The molecule has 2 aromatic rings. The Labute approximate surface area is 134 Å². The Hall–Kier alpha value is -2.76. The summed E-state index contributed by atoms with van der Waals surface area (Å²) in [5, 5.41) is 11.1. The zero-order valence-electron chi connectivity index (χ0n) is 13.4. The van der Waals surface area contributed by atoms with E-state index in [2.05, 4.69) is 0 Å². The van der Waals surface area contributed by atoms with Crippen molar-refractivity contribution < 1.29 is 19.1 Å². The van der Waals surface area contributed by atoms with Crippen LogP contribution >= 0.6 is 0 Å². The van der Waals surface area contributed by atoms with Gasteiger partial charge in [-0.2, -0.15) is 0 Å². The van der Waals surface area contributed by atoms with Crippen molar-refractivity contribution in [2.24, 2.45) is 0 Å². The minimum absolute atomic E-state index is 0.128. The molecule has 0 amide bonds. The highest BCUT2D eigenvalue weighted by atomic mass is 16.6. The first kappa shape index (κ1) is 16.6. The van der Waals surface area contributed by atoms with Gasteiger partial charge in [0.1, 0.15) is 24.7 Å². The van der Waals surface area contributed by atoms with E-state index in [4.69, 9.17) is 14.2 Å². The zero-order chi connectivity index (χ0) is 16.8. The second-order valence-corrected chi connectivity index (χ2v) is 5.01. The average Bonchev–Trinajstić information content (AvgIpc) is 2.53. The summed E-state index contributed by atoms with van der Waals surface area (Å²) in [5.74, 6) is 1.43. The van der Waals surface area contributed by atoms with Crippen molar-refractivity contribution in [3.63, 3.8) is 0 Å². The molecule has 0 bridgehead atoms. The maximum Gasteiger partial charge on any atom is 0.314 e. The number of hydrogen-bond donors (Lipinski definition) is 0. The highest BCUT2D eigenvalue weighted by molar-refractivity contribution is 5.50. The van der Waals surface area contributed by atoms with Crippen LogP contribution in [-0.2, 0) is 0 Å². The van der Waals surface area contributed by atoms with Gasteiger partial charge in [0, 0.05) is 0 Å². The lowest BCUT2D eigenvalue weighted by atomic mass is 10.1. The third-order valence-electron chi connectivity index (χ3n) is 3.36. The third kappa shape index (κ3) is 4.12. The molecular weight excluding hydrogens is 298 g/mol. The van der Waals surface area contributed by atoms with Crippen LogP contribution in [0.2, 0.25) is 0 Å². The fraction of sp³-hybridized carbons (Fsp3) is 0.294. The van der Waals surface area contributed by atoms with Crippen LogP contribution in [0.1, 0.15) is 11.1 Å². The van der Waals surface area contributed by atoms with E-state index in [1.165, 1.54) is 19.2 Å². The molecule has 0 aromatic heterocycles. The fourth-order valence-corrected chi connectivity index (χ4v) is 2.21. The molecule has 2 aromatic carbocycles. The van der Waals surface area contributed by atoms with Crippen LogP contribution < -0.4 is 14.2 Å². The molecule has 6 nitrogen and oxygen atoms in total. The van der Waals surface area contributed by atoms with E-state index < -0.39 is 4.92 Å². The second-order valence-electron chi connectivity index (χ2n) is 5.01. The highest BCUT2D eigenvalue weighted by Gasteiger charge is 2.16. The first-order valence-electron chi connectivity index (χ1n) is 7.17. The molecule has 0 aliphatic rings. The third-order valence-corrected chi connectivity index (χ3v) is 3.36. The van der Waals surface area contributed by atoms with Crippen molar-refractivity contribution in [1.82, 2.24) is 0 Å². The van der Waals surface area contributed by atoms with Gasteiger partial charge < -0.3 is 14.2 Å². The molecule has 0 aliphatic carbocycles. The molecule has 0 spiro atoms. The van der Waals surface area contributed by atoms with Crippen LogP contribution in [0, 0.1) is 24.0 Å². The van der Waals surface area contributed by atoms with Crippen molar-refractivity contribution in [2.75, 3.05) is 20.3 Å². The smallest absolute Gasteiger partial charge is 0.314 e. The average molecular weight is 317 g/mol. The lowest BCUT2D eigenvalue weighted by Crippen LogP contribution is -2.11. The summed E-state index contributed by atoms with van der Waals surface area (Å²) in [7, 11) is 1.46. The number of methoxy groups -OCH3 is 1. The molecule has 0 N–H and O–H groups in total. The maximum absolute atomic E-state index is 11.1. The van der Waals surface area contributed by atoms with Crippen LogP contribution in [0.4, 0.5) is 5.69 Å². The molecule has 0 heterocycles. The van der Waals surface area contributed by atoms with Gasteiger partial charge in [0.15, 0.2) is 5.75 Å². The minimum Gasteiger partial charge on any atom is -0.496 e. The Morgan fingerprint density at radius 1 is 1.04 bits per heavy atom. The van der Waals surface area contributed by atoms with Crippen molar-refractivity contribution >= 4 is 5.69 Å². The second kappa shape index (κ2) is 7.49. The Balaban J connectivity index is 1.98. The van der Waals surface area contributed by atoms with E-state index >= 15 is 0 Å². The lowest BCUT2D eigenvalue weighted by molar-refractivity contribution is -0.385. The molecule has 0 radical (unpaired) electrons. The summed E-state index contributed by atoms with van der Waals surface area (Å²) in [6.45, 7) is 4.45. The van der Waals surface area contributed by atoms with Crippen LogP contribution in [-0.4, -0.2) is 25.2 Å². The van der Waals surface area contributed by atoms with Gasteiger partial charge in [-0.1, -0.05) is 18.2 Å². The van der Waals surface area contributed by atoms with E-state index in [9.17, 15) is 10.1 Å². The monoisotopic (exact) mass is 317 g/mol. The Morgan fingerprint density at radius 3 is 2.30 bits per heavy atom. The minimum atomic E-state index is -0.496. The van der Waals surface area contributed by atoms with Gasteiger partial charge in [-0.05, 0) is 37.1 Å². The van der Waals surface area contributed by atoms with Crippen LogP contribution in [0.3, 0.4) is 0 Å². The summed E-state index contributed by atoms with van der Waals surface area (Å²) < 4.78 is 16.2. The van der Waals surface area contributed by atoms with E-state index in [0.29, 0.717) is 12.4 Å². The molecule has 6 heteroatoms. The molecule has 23 heavy (non-hydrogen) atoms. The topological polar surface area (TPSA) is 70.8 Å². The summed E-state index contributed by atoms with van der Waals surface area (Å²) in [6.07, 6.45) is 0. The van der Waals surface area contributed by atoms with Crippen LogP contribution in [0.25, 0.3) is 0 Å². The van der Waals surface area contributed by atoms with Gasteiger partial charge in [0.05, 0.1) is 18.1 Å². The number of nitrogens with zero attached hydrogens (tertiary/aromatic N) is 1. The van der Waals surface area contributed by atoms with Crippen LogP contribution in [0.15, 0.2) is 36.4 Å². The Morgan fingerprint density at radius 2 is 1.70 bits per heavy atom. The number of nitro benzene ring substituents is 1. The standard InChI is InChI=1S/C17H19NO5/c1-12-5-4-6-13(2)17(12)23-10-9-22-16-8-7-14(21-3)11-15(16)18(19)20/h4-8,11H,9-10H2,1-3H3. The van der Waals surface area contributed by atoms with Crippen molar-refractivity contribution in [2.45, 2.75) is 13.8 Å². The number of aryl methyl sites for hydroxylation is 2. The summed E-state index contributed by atoms with van der Waals surface area (Å²) in [4.78, 5) is 10.6. The normalized spacial score (nSPS) is 10.2. The van der Waals surface area contributed by atoms with Gasteiger partial charge in [-0.3, -0.25) is 10.1 Å². The Kier molecular flexibility index (Phi) is 5.41. The molecular formula is C17H19NO5. The molecule has 0 aliphatic heterocycles. The van der Waals surface area contributed by atoms with E-state index in [1.807, 2.05) is 32.0 Å². The lowest BCUT2D eigenvalue weighted by Gasteiger charge is -2.12. The molecule has 0 unspecified atom stereocenters. The molecule has 0 saturated carbocycles. The quantitative estimate of drug-likeness (QED) is 0.442. The predicted molar refractivity (Wildman–Crippen MR) is 86.6 cm³/mol. The largest absolute Gasteiger partial charge is 0.496 e. The van der Waals surface area contributed by atoms with Crippen molar-refractivity contribution in [3.05, 3.63) is 57.6 Å². The van der Waals surface area contributed by atoms with E-state index in [0.717, 1.165) is 16.9 Å². The van der Waals surface area contributed by atoms with Crippen molar-refractivity contribution in [1.29, 1.82) is 0 Å². The number of benzene rings is 2. The summed E-state index contributed by atoms with van der Waals surface area (Å²) in [5.41, 5.74) is 1.96. The van der Waals surface area contributed by atoms with Gasteiger partial charge in [-0.15, -0.1) is 0 Å². The fourth-order valence-electron chi connectivity index (χ4n) is 2.21. The first-order valence-corrected chi connectivity index (χ1v) is 7.17. The van der Waals surface area contributed by atoms with Gasteiger partial charge in [0.2, 0.25) is 0 Å². The Bertz CT molecular complexity index is 679. The van der Waals surface area contributed by atoms with Crippen molar-refractivity contribution in [3.8, 4) is 17.2 Å². The highest BCUT2D eigenvalue weighted by Crippen LogP contribution is 2.31. The molecule has 0 atom stereocenters. The SMILES string of the molecule is COc1ccc(OCCOc2c(C)cccc2C)c([N+](=O)[O-])c1. The number of nitro groups is 1. The molecule has 0 saturated heterocycles. The van der Waals surface area contributed by atoms with E-state index in [1.54, 1.807) is 6.07 Å². The number of rotatable bonds is 7. The maximum atomic E-state index is 11.1. The summed E-state index contributed by atoms with van der Waals surface area (Å²) in [6, 6.07) is 10.4. The van der Waals surface area contributed by atoms with Gasteiger partial charge in [-0.25, -0.2) is 0 Å². The molecule has 122 valence electrons. The van der Waals surface area contributed by atoms with E-state index in [-0.39, 0.29) is 18.0 Å². The predicted octanol–water partition coefficient (Wildman–Crippen LogP) is 3.68. The molecule has 2 rings (SSSR count).